The molecule has 1 fully saturated rings. The average Bonchev–Trinajstić information content (AvgIpc) is 2.39. The number of carbonyl (C=O) groups excluding carboxylic acids is 1. The van der Waals surface area contributed by atoms with Gasteiger partial charge in [0.15, 0.2) is 0 Å². The SMILES string of the molecule is CCC[C@H]1CCCN(C(=O)c2cccc(N)c2)C1. The number of likely N-dealkylation sites (tertiary alicyclic amines) is 1. The van der Waals surface area contributed by atoms with Crippen LogP contribution in [0.25, 0.3) is 0 Å². The van der Waals surface area contributed by atoms with Crippen molar-refractivity contribution in [3.05, 3.63) is 29.8 Å². The molecule has 1 aliphatic heterocycles. The van der Waals surface area contributed by atoms with Crippen LogP contribution in [0, 0.1) is 5.92 Å². The van der Waals surface area contributed by atoms with E-state index < -0.39 is 0 Å². The fourth-order valence-electron chi connectivity index (χ4n) is 2.75. The van der Waals surface area contributed by atoms with Crippen LogP contribution in [0.4, 0.5) is 5.69 Å². The van der Waals surface area contributed by atoms with Crippen LogP contribution >= 0.6 is 0 Å². The minimum absolute atomic E-state index is 0.128. The molecule has 0 saturated carbocycles. The lowest BCUT2D eigenvalue weighted by Crippen LogP contribution is -2.39. The third kappa shape index (κ3) is 3.03. The van der Waals surface area contributed by atoms with Crippen molar-refractivity contribution in [2.45, 2.75) is 32.6 Å². The Bertz CT molecular complexity index is 415. The van der Waals surface area contributed by atoms with Crippen molar-refractivity contribution in [1.29, 1.82) is 0 Å². The summed E-state index contributed by atoms with van der Waals surface area (Å²) in [6.45, 7) is 3.99. The number of hydrogen-bond donors (Lipinski definition) is 1. The first-order valence-electron chi connectivity index (χ1n) is 6.85. The Morgan fingerprint density at radius 1 is 1.50 bits per heavy atom. The fraction of sp³-hybridized carbons (Fsp3) is 0.533. The highest BCUT2D eigenvalue weighted by atomic mass is 16.2. The number of benzene rings is 1. The summed E-state index contributed by atoms with van der Waals surface area (Å²) >= 11 is 0. The normalized spacial score (nSPS) is 19.8. The van der Waals surface area contributed by atoms with Crippen molar-refractivity contribution in [2.24, 2.45) is 5.92 Å². The van der Waals surface area contributed by atoms with Crippen LogP contribution < -0.4 is 5.73 Å². The molecule has 0 spiro atoms. The van der Waals surface area contributed by atoms with E-state index in [1.807, 2.05) is 23.1 Å². The lowest BCUT2D eigenvalue weighted by atomic mass is 9.93. The first-order chi connectivity index (χ1) is 8.70. The molecule has 1 aliphatic rings. The van der Waals surface area contributed by atoms with Gasteiger partial charge in [0.05, 0.1) is 0 Å². The number of rotatable bonds is 3. The van der Waals surface area contributed by atoms with Crippen molar-refractivity contribution in [2.75, 3.05) is 18.8 Å². The third-order valence-corrected chi connectivity index (χ3v) is 3.64. The molecule has 0 aromatic heterocycles. The van der Waals surface area contributed by atoms with E-state index in [0.29, 0.717) is 17.2 Å². The first-order valence-corrected chi connectivity index (χ1v) is 6.85. The van der Waals surface area contributed by atoms with Gasteiger partial charge in [0.25, 0.3) is 5.91 Å². The summed E-state index contributed by atoms with van der Waals surface area (Å²) < 4.78 is 0. The minimum Gasteiger partial charge on any atom is -0.399 e. The van der Waals surface area contributed by atoms with Gasteiger partial charge in [0.2, 0.25) is 0 Å². The largest absolute Gasteiger partial charge is 0.399 e. The van der Waals surface area contributed by atoms with Crippen molar-refractivity contribution in [1.82, 2.24) is 4.90 Å². The van der Waals surface area contributed by atoms with Crippen LogP contribution in [0.1, 0.15) is 43.0 Å². The summed E-state index contributed by atoms with van der Waals surface area (Å²) in [4.78, 5) is 14.4. The molecule has 1 aromatic carbocycles. The predicted octanol–water partition coefficient (Wildman–Crippen LogP) is 2.92. The van der Waals surface area contributed by atoms with Crippen molar-refractivity contribution < 1.29 is 4.79 Å². The highest BCUT2D eigenvalue weighted by molar-refractivity contribution is 5.95. The predicted molar refractivity (Wildman–Crippen MR) is 74.4 cm³/mol. The summed E-state index contributed by atoms with van der Waals surface area (Å²) in [7, 11) is 0. The van der Waals surface area contributed by atoms with E-state index in [0.717, 1.165) is 19.5 Å². The highest BCUT2D eigenvalue weighted by Gasteiger charge is 2.23. The van der Waals surface area contributed by atoms with Gasteiger partial charge in [-0.2, -0.15) is 0 Å². The Morgan fingerprint density at radius 2 is 2.33 bits per heavy atom. The molecule has 98 valence electrons. The zero-order valence-electron chi connectivity index (χ0n) is 11.1. The monoisotopic (exact) mass is 246 g/mol. The van der Waals surface area contributed by atoms with E-state index in [-0.39, 0.29) is 5.91 Å². The van der Waals surface area contributed by atoms with Gasteiger partial charge < -0.3 is 10.6 Å². The topological polar surface area (TPSA) is 46.3 Å². The molecule has 1 heterocycles. The Kier molecular flexibility index (Phi) is 4.24. The molecule has 1 saturated heterocycles. The van der Waals surface area contributed by atoms with Crippen LogP contribution in [0.5, 0.6) is 0 Å². The molecule has 1 amide bonds. The molecule has 3 heteroatoms. The lowest BCUT2D eigenvalue weighted by Gasteiger charge is -2.32. The maximum atomic E-state index is 12.4. The molecule has 2 N–H and O–H groups in total. The molecule has 1 aromatic rings. The summed E-state index contributed by atoms with van der Waals surface area (Å²) in [6, 6.07) is 7.27. The highest BCUT2D eigenvalue weighted by Crippen LogP contribution is 2.22. The number of carbonyl (C=O) groups is 1. The Morgan fingerprint density at radius 3 is 3.06 bits per heavy atom. The van der Waals surface area contributed by atoms with Gasteiger partial charge in [-0.25, -0.2) is 0 Å². The zero-order valence-corrected chi connectivity index (χ0v) is 11.1. The van der Waals surface area contributed by atoms with Gasteiger partial charge in [0.1, 0.15) is 0 Å². The molecule has 2 rings (SSSR count). The molecule has 0 unspecified atom stereocenters. The lowest BCUT2D eigenvalue weighted by molar-refractivity contribution is 0.0667. The van der Waals surface area contributed by atoms with Crippen LogP contribution in [-0.2, 0) is 0 Å². The number of piperidine rings is 1. The van der Waals surface area contributed by atoms with Gasteiger partial charge in [-0.15, -0.1) is 0 Å². The number of hydrogen-bond acceptors (Lipinski definition) is 2. The summed E-state index contributed by atoms with van der Waals surface area (Å²) in [5.41, 5.74) is 7.10. The van der Waals surface area contributed by atoms with E-state index in [9.17, 15) is 4.79 Å². The average molecular weight is 246 g/mol. The molecular formula is C15H22N2O. The number of nitrogens with zero attached hydrogens (tertiary/aromatic N) is 1. The van der Waals surface area contributed by atoms with E-state index in [1.165, 1.54) is 19.3 Å². The Hall–Kier alpha value is -1.51. The maximum absolute atomic E-state index is 12.4. The van der Waals surface area contributed by atoms with Crippen molar-refractivity contribution in [3.63, 3.8) is 0 Å². The maximum Gasteiger partial charge on any atom is 0.253 e. The van der Waals surface area contributed by atoms with Crippen LogP contribution in [0.2, 0.25) is 0 Å². The third-order valence-electron chi connectivity index (χ3n) is 3.64. The van der Waals surface area contributed by atoms with Gasteiger partial charge in [-0.1, -0.05) is 19.4 Å². The van der Waals surface area contributed by atoms with Gasteiger partial charge in [0, 0.05) is 24.3 Å². The standard InChI is InChI=1S/C15H22N2O/c1-2-5-12-6-4-9-17(11-12)15(18)13-7-3-8-14(16)10-13/h3,7-8,10,12H,2,4-6,9,11,16H2,1H3/t12-/m0/s1. The summed E-state index contributed by atoms with van der Waals surface area (Å²) in [5, 5.41) is 0. The second-order valence-corrected chi connectivity index (χ2v) is 5.17. The van der Waals surface area contributed by atoms with Crippen LogP contribution in [-0.4, -0.2) is 23.9 Å². The fourth-order valence-corrected chi connectivity index (χ4v) is 2.75. The second-order valence-electron chi connectivity index (χ2n) is 5.17. The molecule has 0 bridgehead atoms. The van der Waals surface area contributed by atoms with E-state index in [2.05, 4.69) is 6.92 Å². The number of anilines is 1. The number of amides is 1. The molecule has 18 heavy (non-hydrogen) atoms. The Balaban J connectivity index is 2.04. The van der Waals surface area contributed by atoms with Crippen LogP contribution in [0.15, 0.2) is 24.3 Å². The molecule has 0 radical (unpaired) electrons. The van der Waals surface area contributed by atoms with Crippen molar-refractivity contribution in [3.8, 4) is 0 Å². The van der Waals surface area contributed by atoms with E-state index >= 15 is 0 Å². The molecule has 1 atom stereocenters. The second kappa shape index (κ2) is 5.89. The van der Waals surface area contributed by atoms with Gasteiger partial charge in [-0.05, 0) is 43.4 Å². The van der Waals surface area contributed by atoms with Gasteiger partial charge >= 0.3 is 0 Å². The zero-order chi connectivity index (χ0) is 13.0. The van der Waals surface area contributed by atoms with E-state index in [4.69, 9.17) is 5.73 Å². The molecular weight excluding hydrogens is 224 g/mol. The van der Waals surface area contributed by atoms with Crippen LogP contribution in [0.3, 0.4) is 0 Å². The quantitative estimate of drug-likeness (QED) is 0.833. The molecule has 3 nitrogen and oxygen atoms in total. The first kappa shape index (κ1) is 12.9. The number of nitrogen functional groups attached to an aromatic ring is 1. The summed E-state index contributed by atoms with van der Waals surface area (Å²) in [5.74, 6) is 0.803. The Labute approximate surface area is 109 Å². The van der Waals surface area contributed by atoms with Gasteiger partial charge in [-0.3, -0.25) is 4.79 Å². The molecule has 0 aliphatic carbocycles. The van der Waals surface area contributed by atoms with Crippen molar-refractivity contribution >= 4 is 11.6 Å². The van der Waals surface area contributed by atoms with E-state index in [1.54, 1.807) is 6.07 Å². The summed E-state index contributed by atoms with van der Waals surface area (Å²) in [6.07, 6.45) is 4.80. The minimum atomic E-state index is 0.128. The number of nitrogens with two attached hydrogens (primary N) is 1. The smallest absolute Gasteiger partial charge is 0.253 e.